The summed E-state index contributed by atoms with van der Waals surface area (Å²) >= 11 is 0. The quantitative estimate of drug-likeness (QED) is 0.917. The molecular weight excluding hydrogens is 269 g/mol. The van der Waals surface area contributed by atoms with Crippen LogP contribution in [0.2, 0.25) is 0 Å². The maximum Gasteiger partial charge on any atom is 0.161 e. The van der Waals surface area contributed by atoms with E-state index >= 15 is 0 Å². The van der Waals surface area contributed by atoms with Crippen LogP contribution >= 0.6 is 0 Å². The molecule has 2 N–H and O–H groups in total. The van der Waals surface area contributed by atoms with E-state index in [0.717, 1.165) is 11.1 Å². The Morgan fingerprint density at radius 1 is 1.00 bits per heavy atom. The molecule has 0 aliphatic carbocycles. The van der Waals surface area contributed by atoms with Crippen molar-refractivity contribution < 1.29 is 13.9 Å². The van der Waals surface area contributed by atoms with E-state index in [9.17, 15) is 4.39 Å². The second-order valence-corrected chi connectivity index (χ2v) is 4.91. The predicted molar refractivity (Wildman–Crippen MR) is 81.2 cm³/mol. The molecule has 3 nitrogen and oxygen atoms in total. The summed E-state index contributed by atoms with van der Waals surface area (Å²) in [5, 5.41) is 0. The third kappa shape index (κ3) is 2.85. The van der Waals surface area contributed by atoms with Crippen molar-refractivity contribution >= 4 is 0 Å². The van der Waals surface area contributed by atoms with Gasteiger partial charge in [-0.2, -0.15) is 0 Å². The van der Waals surface area contributed by atoms with E-state index < -0.39 is 5.54 Å². The van der Waals surface area contributed by atoms with Crippen LogP contribution in [-0.4, -0.2) is 14.2 Å². The topological polar surface area (TPSA) is 44.5 Å². The van der Waals surface area contributed by atoms with Crippen LogP contribution in [0, 0.1) is 5.82 Å². The number of halogens is 1. The van der Waals surface area contributed by atoms with E-state index in [1.165, 1.54) is 12.1 Å². The average molecular weight is 289 g/mol. The molecule has 0 bridgehead atoms. The zero-order valence-corrected chi connectivity index (χ0v) is 12.5. The molecule has 2 aromatic rings. The lowest BCUT2D eigenvalue weighted by Gasteiger charge is -2.30. The second-order valence-electron chi connectivity index (χ2n) is 4.91. The number of rotatable bonds is 5. The van der Waals surface area contributed by atoms with Crippen LogP contribution in [0.1, 0.15) is 24.5 Å². The highest BCUT2D eigenvalue weighted by Gasteiger charge is 2.29. The molecule has 21 heavy (non-hydrogen) atoms. The Hall–Kier alpha value is -2.07. The van der Waals surface area contributed by atoms with Gasteiger partial charge < -0.3 is 15.2 Å². The molecule has 0 spiro atoms. The molecule has 2 aromatic carbocycles. The van der Waals surface area contributed by atoms with Crippen molar-refractivity contribution in [2.24, 2.45) is 5.73 Å². The van der Waals surface area contributed by atoms with Crippen LogP contribution in [0.3, 0.4) is 0 Å². The number of nitrogens with two attached hydrogens (primary N) is 1. The summed E-state index contributed by atoms with van der Waals surface area (Å²) < 4.78 is 24.1. The molecule has 0 radical (unpaired) electrons. The minimum absolute atomic E-state index is 0.295. The van der Waals surface area contributed by atoms with E-state index in [2.05, 4.69) is 0 Å². The summed E-state index contributed by atoms with van der Waals surface area (Å²) in [6.07, 6.45) is 0.631. The Kier molecular flexibility index (Phi) is 4.48. The van der Waals surface area contributed by atoms with Gasteiger partial charge in [0.25, 0.3) is 0 Å². The Morgan fingerprint density at radius 2 is 1.67 bits per heavy atom. The third-order valence-electron chi connectivity index (χ3n) is 3.80. The number of benzene rings is 2. The molecule has 1 atom stereocenters. The van der Waals surface area contributed by atoms with Crippen LogP contribution in [0.25, 0.3) is 0 Å². The van der Waals surface area contributed by atoms with E-state index in [0.29, 0.717) is 17.9 Å². The molecule has 112 valence electrons. The highest BCUT2D eigenvalue weighted by atomic mass is 19.1. The Bertz CT molecular complexity index is 630. The second kappa shape index (κ2) is 6.14. The van der Waals surface area contributed by atoms with Crippen molar-refractivity contribution in [1.29, 1.82) is 0 Å². The highest BCUT2D eigenvalue weighted by Crippen LogP contribution is 2.36. The van der Waals surface area contributed by atoms with Gasteiger partial charge >= 0.3 is 0 Å². The number of hydrogen-bond acceptors (Lipinski definition) is 3. The number of ether oxygens (including phenoxy) is 2. The molecule has 4 heteroatoms. The molecule has 1 unspecified atom stereocenters. The summed E-state index contributed by atoms with van der Waals surface area (Å²) in [5.41, 5.74) is 7.37. The molecule has 0 aliphatic heterocycles. The van der Waals surface area contributed by atoms with Crippen molar-refractivity contribution in [1.82, 2.24) is 0 Å². The van der Waals surface area contributed by atoms with Gasteiger partial charge in [-0.15, -0.1) is 0 Å². The fourth-order valence-corrected chi connectivity index (χ4v) is 2.45. The highest BCUT2D eigenvalue weighted by molar-refractivity contribution is 5.48. The summed E-state index contributed by atoms with van der Waals surface area (Å²) in [6.45, 7) is 1.97. The summed E-state index contributed by atoms with van der Waals surface area (Å²) in [4.78, 5) is 0. The van der Waals surface area contributed by atoms with Crippen molar-refractivity contribution in [3.8, 4) is 11.5 Å². The molecular formula is C17H20FNO2. The van der Waals surface area contributed by atoms with E-state index in [1.54, 1.807) is 20.3 Å². The van der Waals surface area contributed by atoms with Gasteiger partial charge in [-0.3, -0.25) is 0 Å². The van der Waals surface area contributed by atoms with Gasteiger partial charge in [0.15, 0.2) is 11.5 Å². The molecule has 0 amide bonds. The molecule has 0 aromatic heterocycles. The normalized spacial score (nSPS) is 13.6. The van der Waals surface area contributed by atoms with Crippen molar-refractivity contribution in [2.75, 3.05) is 14.2 Å². The van der Waals surface area contributed by atoms with Gasteiger partial charge in [0.1, 0.15) is 5.82 Å². The van der Waals surface area contributed by atoms with E-state index in [-0.39, 0.29) is 5.82 Å². The van der Waals surface area contributed by atoms with Crippen LogP contribution in [0.4, 0.5) is 4.39 Å². The van der Waals surface area contributed by atoms with E-state index in [4.69, 9.17) is 15.2 Å². The standard InChI is InChI=1S/C17H20FNO2/c1-4-17(19,12-6-5-7-14(18)10-12)13-8-9-15(20-2)16(11-13)21-3/h5-11H,4,19H2,1-3H3. The molecule has 0 saturated heterocycles. The maximum absolute atomic E-state index is 13.5. The van der Waals surface area contributed by atoms with Crippen LogP contribution in [0.5, 0.6) is 11.5 Å². The molecule has 0 fully saturated rings. The average Bonchev–Trinajstić information content (AvgIpc) is 2.53. The molecule has 0 heterocycles. The SMILES string of the molecule is CCC(N)(c1cccc(F)c1)c1ccc(OC)c(OC)c1. The first-order chi connectivity index (χ1) is 10.0. The number of methoxy groups -OCH3 is 2. The minimum atomic E-state index is -0.776. The van der Waals surface area contributed by atoms with Gasteiger partial charge in [-0.25, -0.2) is 4.39 Å². The van der Waals surface area contributed by atoms with Crippen molar-refractivity contribution in [3.63, 3.8) is 0 Å². The van der Waals surface area contributed by atoms with Gasteiger partial charge in [-0.05, 0) is 41.8 Å². The Morgan fingerprint density at radius 3 is 2.24 bits per heavy atom. The van der Waals surface area contributed by atoms with Crippen LogP contribution in [-0.2, 0) is 5.54 Å². The zero-order chi connectivity index (χ0) is 15.5. The van der Waals surface area contributed by atoms with Crippen molar-refractivity contribution in [2.45, 2.75) is 18.9 Å². The summed E-state index contributed by atoms with van der Waals surface area (Å²) in [7, 11) is 3.16. The summed E-state index contributed by atoms with van der Waals surface area (Å²) in [6, 6.07) is 11.9. The largest absolute Gasteiger partial charge is 0.493 e. The van der Waals surface area contributed by atoms with Gasteiger partial charge in [0.2, 0.25) is 0 Å². The summed E-state index contributed by atoms with van der Waals surface area (Å²) in [5.74, 6) is 0.949. The Labute approximate surface area is 124 Å². The predicted octanol–water partition coefficient (Wildman–Crippen LogP) is 3.46. The lowest BCUT2D eigenvalue weighted by atomic mass is 9.81. The smallest absolute Gasteiger partial charge is 0.161 e. The first kappa shape index (κ1) is 15.3. The van der Waals surface area contributed by atoms with Crippen LogP contribution in [0.15, 0.2) is 42.5 Å². The first-order valence-electron chi connectivity index (χ1n) is 6.82. The molecule has 2 rings (SSSR count). The Balaban J connectivity index is 2.54. The minimum Gasteiger partial charge on any atom is -0.493 e. The van der Waals surface area contributed by atoms with Gasteiger partial charge in [0, 0.05) is 0 Å². The fourth-order valence-electron chi connectivity index (χ4n) is 2.45. The molecule has 0 aliphatic rings. The first-order valence-corrected chi connectivity index (χ1v) is 6.82. The zero-order valence-electron chi connectivity index (χ0n) is 12.5. The lowest BCUT2D eigenvalue weighted by molar-refractivity contribution is 0.353. The van der Waals surface area contributed by atoms with Crippen LogP contribution < -0.4 is 15.2 Å². The monoisotopic (exact) mass is 289 g/mol. The van der Waals surface area contributed by atoms with Gasteiger partial charge in [0.05, 0.1) is 19.8 Å². The maximum atomic E-state index is 13.5. The third-order valence-corrected chi connectivity index (χ3v) is 3.80. The molecule has 0 saturated carbocycles. The lowest BCUT2D eigenvalue weighted by Crippen LogP contribution is -2.37. The van der Waals surface area contributed by atoms with Crippen molar-refractivity contribution in [3.05, 3.63) is 59.4 Å². The van der Waals surface area contributed by atoms with E-state index in [1.807, 2.05) is 31.2 Å². The number of hydrogen-bond donors (Lipinski definition) is 1. The fraction of sp³-hybridized carbons (Fsp3) is 0.294. The van der Waals surface area contributed by atoms with Gasteiger partial charge in [-0.1, -0.05) is 25.1 Å².